The molecule has 0 spiro atoms. The summed E-state index contributed by atoms with van der Waals surface area (Å²) in [4.78, 5) is 11.7. The van der Waals surface area contributed by atoms with Gasteiger partial charge in [-0.15, -0.1) is 11.3 Å². The molecule has 8 nitrogen and oxygen atoms in total. The molecule has 0 unspecified atom stereocenters. The summed E-state index contributed by atoms with van der Waals surface area (Å²) in [6.45, 7) is 0. The molecule has 2 N–H and O–H groups in total. The fourth-order valence-corrected chi connectivity index (χ4v) is 6.99. The summed E-state index contributed by atoms with van der Waals surface area (Å²) in [6, 6.07) is 8.41. The van der Waals surface area contributed by atoms with E-state index >= 15 is 0 Å². The van der Waals surface area contributed by atoms with Crippen LogP contribution in [0.15, 0.2) is 67.8 Å². The van der Waals surface area contributed by atoms with Crippen molar-refractivity contribution in [2.75, 3.05) is 9.44 Å². The monoisotopic (exact) mass is 549 g/mol. The summed E-state index contributed by atoms with van der Waals surface area (Å²) in [5, 5.41) is 1.62. The summed E-state index contributed by atoms with van der Waals surface area (Å²) >= 11 is 1.74. The van der Waals surface area contributed by atoms with E-state index < -0.39 is 47.9 Å². The minimum Gasteiger partial charge on any atom is -0.297 e. The van der Waals surface area contributed by atoms with Crippen LogP contribution in [-0.2, 0) is 33.3 Å². The highest BCUT2D eigenvalue weighted by atomic mass is 32.2. The number of sulfonamides is 2. The van der Waals surface area contributed by atoms with Gasteiger partial charge in [-0.2, -0.15) is 13.2 Å². The van der Waals surface area contributed by atoms with Crippen LogP contribution >= 0.6 is 22.9 Å². The Morgan fingerprint density at radius 3 is 2.26 bits per heavy atom. The third kappa shape index (κ3) is 4.68. The van der Waals surface area contributed by atoms with Crippen LogP contribution in [0.5, 0.6) is 0 Å². The summed E-state index contributed by atoms with van der Waals surface area (Å²) < 4.78 is 96.2. The molecule has 0 saturated carbocycles. The number of alkyl halides is 3. The van der Waals surface area contributed by atoms with Gasteiger partial charge in [-0.1, -0.05) is 6.07 Å². The van der Waals surface area contributed by atoms with Gasteiger partial charge in [0.05, 0.1) is 32.7 Å². The van der Waals surface area contributed by atoms with Crippen LogP contribution in [0.3, 0.4) is 0 Å². The molecule has 180 valence electrons. The van der Waals surface area contributed by atoms with E-state index in [0.29, 0.717) is 17.6 Å². The highest BCUT2D eigenvalue weighted by Crippen LogP contribution is 2.36. The third-order valence-electron chi connectivity index (χ3n) is 4.65. The topological polar surface area (TPSA) is 114 Å². The number of benzene rings is 2. The first-order valence-electron chi connectivity index (χ1n) is 9.18. The molecule has 0 amide bonds. The zero-order chi connectivity index (χ0) is 24.9. The lowest BCUT2D eigenvalue weighted by Gasteiger charge is -2.16. The van der Waals surface area contributed by atoms with Gasteiger partial charge in [-0.05, 0) is 59.4 Å². The highest BCUT2D eigenvalue weighted by molar-refractivity contribution is 7.94. The van der Waals surface area contributed by atoms with Gasteiger partial charge >= 0.3 is 6.18 Å². The lowest BCUT2D eigenvalue weighted by atomic mass is 10.2. The van der Waals surface area contributed by atoms with Gasteiger partial charge in [0, 0.05) is 7.05 Å². The molecular formula is C19H14F3N3O5S4. The Balaban J connectivity index is 1.79. The zero-order valence-corrected chi connectivity index (χ0v) is 20.2. The number of aryl methyl sites for hydroxylation is 1. The Morgan fingerprint density at radius 2 is 1.62 bits per heavy atom. The van der Waals surface area contributed by atoms with Crippen LogP contribution in [0, 0.1) is 0 Å². The van der Waals surface area contributed by atoms with E-state index in [1.54, 1.807) is 11.0 Å². The molecule has 0 fully saturated rings. The average molecular weight is 550 g/mol. The maximum absolute atomic E-state index is 13.3. The third-order valence-corrected chi connectivity index (χ3v) is 9.64. The fourth-order valence-electron chi connectivity index (χ4n) is 3.05. The van der Waals surface area contributed by atoms with Crippen LogP contribution in [0.25, 0.3) is 10.9 Å². The van der Waals surface area contributed by atoms with Gasteiger partial charge in [0.25, 0.3) is 24.8 Å². The number of hydrogen-bond acceptors (Lipinski definition) is 7. The molecule has 15 heteroatoms. The molecule has 2 aromatic heterocycles. The number of fused-ring (bicyclic) bond motifs is 1. The van der Waals surface area contributed by atoms with E-state index in [1.807, 2.05) is 4.72 Å². The molecule has 0 radical (unpaired) electrons. The second-order valence-corrected chi connectivity index (χ2v) is 12.6. The van der Waals surface area contributed by atoms with Crippen molar-refractivity contribution in [1.29, 1.82) is 0 Å². The first-order chi connectivity index (χ1) is 15.8. The SMILES string of the molecule is Cn1sc(=O)c2cc(S(=O)(=O)Nc3cc(C(F)(F)F)ccc3NS(=O)(=O)c3cccs3)ccc21. The highest BCUT2D eigenvalue weighted by Gasteiger charge is 2.32. The number of anilines is 2. The normalized spacial score (nSPS) is 12.7. The first kappa shape index (κ1) is 24.3. The molecule has 34 heavy (non-hydrogen) atoms. The predicted octanol–water partition coefficient (Wildman–Crippen LogP) is 4.28. The lowest BCUT2D eigenvalue weighted by Crippen LogP contribution is -2.18. The quantitative estimate of drug-likeness (QED) is 0.373. The smallest absolute Gasteiger partial charge is 0.297 e. The second kappa shape index (κ2) is 8.41. The second-order valence-electron chi connectivity index (χ2n) is 6.96. The molecule has 2 heterocycles. The van der Waals surface area contributed by atoms with Crippen molar-refractivity contribution < 1.29 is 30.0 Å². The predicted molar refractivity (Wildman–Crippen MR) is 124 cm³/mol. The van der Waals surface area contributed by atoms with Gasteiger partial charge in [-0.3, -0.25) is 18.2 Å². The molecule has 0 aliphatic rings. The van der Waals surface area contributed by atoms with Crippen LogP contribution in [0.1, 0.15) is 5.56 Å². The number of nitrogens with one attached hydrogen (secondary N) is 2. The van der Waals surface area contributed by atoms with Crippen molar-refractivity contribution >= 4 is 65.2 Å². The van der Waals surface area contributed by atoms with E-state index in [9.17, 15) is 34.8 Å². The van der Waals surface area contributed by atoms with E-state index in [1.165, 1.54) is 29.6 Å². The molecule has 4 rings (SSSR count). The Morgan fingerprint density at radius 1 is 0.912 bits per heavy atom. The fraction of sp³-hybridized carbons (Fsp3) is 0.105. The number of hydrogen-bond donors (Lipinski definition) is 2. The Labute approximate surface area is 199 Å². The van der Waals surface area contributed by atoms with Crippen LogP contribution < -0.4 is 14.2 Å². The number of thiophene rings is 1. The number of nitrogens with zero attached hydrogens (tertiary/aromatic N) is 1. The lowest BCUT2D eigenvalue weighted by molar-refractivity contribution is -0.137. The van der Waals surface area contributed by atoms with Crippen molar-refractivity contribution in [3.05, 3.63) is 69.0 Å². The van der Waals surface area contributed by atoms with Gasteiger partial charge in [-0.25, -0.2) is 16.8 Å². The molecule has 2 aromatic carbocycles. The molecule has 0 bridgehead atoms. The average Bonchev–Trinajstić information content (AvgIpc) is 3.37. The molecule has 0 atom stereocenters. The van der Waals surface area contributed by atoms with Crippen LogP contribution in [-0.4, -0.2) is 20.8 Å². The molecule has 0 aliphatic carbocycles. The Bertz CT molecular complexity index is 1660. The van der Waals surface area contributed by atoms with Crippen LogP contribution in [0.4, 0.5) is 24.5 Å². The zero-order valence-electron chi connectivity index (χ0n) is 17.0. The Kier molecular flexibility index (Phi) is 6.00. The maximum Gasteiger partial charge on any atom is 0.416 e. The maximum atomic E-state index is 13.3. The molecule has 4 aromatic rings. The Hall–Kier alpha value is -2.88. The van der Waals surface area contributed by atoms with E-state index in [-0.39, 0.29) is 14.5 Å². The van der Waals surface area contributed by atoms with E-state index in [4.69, 9.17) is 0 Å². The largest absolute Gasteiger partial charge is 0.416 e. The van der Waals surface area contributed by atoms with E-state index in [0.717, 1.165) is 35.0 Å². The number of aromatic nitrogens is 1. The molecule has 0 saturated heterocycles. The minimum absolute atomic E-state index is 0.111. The van der Waals surface area contributed by atoms with E-state index in [2.05, 4.69) is 4.72 Å². The summed E-state index contributed by atoms with van der Waals surface area (Å²) in [5.41, 5.74) is -1.74. The number of rotatable bonds is 6. The van der Waals surface area contributed by atoms with Gasteiger partial charge < -0.3 is 0 Å². The first-order valence-corrected chi connectivity index (χ1v) is 13.8. The summed E-state index contributed by atoms with van der Waals surface area (Å²) in [7, 11) is -7.06. The van der Waals surface area contributed by atoms with Gasteiger partial charge in [0.2, 0.25) is 0 Å². The van der Waals surface area contributed by atoms with Crippen molar-refractivity contribution in [2.45, 2.75) is 15.3 Å². The van der Waals surface area contributed by atoms with Crippen molar-refractivity contribution in [2.24, 2.45) is 7.05 Å². The number of halogens is 3. The molecular weight excluding hydrogens is 535 g/mol. The van der Waals surface area contributed by atoms with Gasteiger partial charge in [0.15, 0.2) is 0 Å². The van der Waals surface area contributed by atoms with Crippen molar-refractivity contribution in [3.63, 3.8) is 0 Å². The van der Waals surface area contributed by atoms with Crippen molar-refractivity contribution in [3.8, 4) is 0 Å². The van der Waals surface area contributed by atoms with Crippen molar-refractivity contribution in [1.82, 2.24) is 3.96 Å². The standard InChI is InChI=1S/C19H14F3N3O5S4/c1-25-16-7-5-12(10-13(16)18(26)32-25)33(27,28)24-15-9-11(19(20,21)22)4-6-14(15)23-34(29,30)17-3-2-8-31-17/h2-10,23-24H,1H3. The van der Waals surface area contributed by atoms with Crippen LogP contribution in [0.2, 0.25) is 0 Å². The summed E-state index contributed by atoms with van der Waals surface area (Å²) in [5.74, 6) is 0. The molecule has 0 aliphatic heterocycles. The van der Waals surface area contributed by atoms with Gasteiger partial charge in [0.1, 0.15) is 4.21 Å². The minimum atomic E-state index is -4.81. The summed E-state index contributed by atoms with van der Waals surface area (Å²) in [6.07, 6.45) is -4.81.